The summed E-state index contributed by atoms with van der Waals surface area (Å²) in [4.78, 5) is 9.77. The second kappa shape index (κ2) is 4.58. The molecule has 70 valence electrons. The molecule has 0 unspecified atom stereocenters. The minimum atomic E-state index is -0.350. The Morgan fingerprint density at radius 3 is 2.85 bits per heavy atom. The molecule has 1 aromatic rings. The van der Waals surface area contributed by atoms with Crippen LogP contribution in [0.2, 0.25) is 5.02 Å². The first-order valence-corrected chi connectivity index (χ1v) is 4.82. The molecule has 0 heterocycles. The molecule has 13 heavy (non-hydrogen) atoms. The number of nitro groups is 1. The van der Waals surface area contributed by atoms with Gasteiger partial charge < -0.3 is 0 Å². The Labute approximate surface area is 89.0 Å². The van der Waals surface area contributed by atoms with Crippen LogP contribution in [0.4, 0.5) is 0 Å². The fourth-order valence-electron chi connectivity index (χ4n) is 0.947. The monoisotopic (exact) mass is 263 g/mol. The van der Waals surface area contributed by atoms with Crippen LogP contribution in [0.3, 0.4) is 0 Å². The van der Waals surface area contributed by atoms with Gasteiger partial charge in [-0.15, -0.1) is 0 Å². The first kappa shape index (κ1) is 10.5. The molecule has 0 fully saturated rings. The number of nitrogens with zero attached hydrogens (tertiary/aromatic N) is 1. The van der Waals surface area contributed by atoms with Gasteiger partial charge in [-0.25, -0.2) is 0 Å². The third kappa shape index (κ3) is 3.32. The van der Waals surface area contributed by atoms with Crippen LogP contribution in [0.25, 0.3) is 0 Å². The molecule has 0 bridgehead atoms. The summed E-state index contributed by atoms with van der Waals surface area (Å²) in [6.07, 6.45) is 0.366. The smallest absolute Gasteiger partial charge is 0.207 e. The van der Waals surface area contributed by atoms with Crippen molar-refractivity contribution in [2.75, 3.05) is 6.54 Å². The van der Waals surface area contributed by atoms with E-state index in [4.69, 9.17) is 11.6 Å². The SMILES string of the molecule is O=[N+]([O-])CCc1cc(Br)ccc1Cl. The second-order valence-electron chi connectivity index (χ2n) is 2.54. The average Bonchev–Trinajstić information content (AvgIpc) is 2.06. The summed E-state index contributed by atoms with van der Waals surface area (Å²) in [6, 6.07) is 5.32. The average molecular weight is 265 g/mol. The fraction of sp³-hybridized carbons (Fsp3) is 0.250. The highest BCUT2D eigenvalue weighted by molar-refractivity contribution is 9.10. The van der Waals surface area contributed by atoms with E-state index in [1.807, 2.05) is 0 Å². The van der Waals surface area contributed by atoms with Crippen LogP contribution in [0.5, 0.6) is 0 Å². The van der Waals surface area contributed by atoms with E-state index in [9.17, 15) is 10.1 Å². The lowest BCUT2D eigenvalue weighted by atomic mass is 10.1. The Bertz CT molecular complexity index is 330. The summed E-state index contributed by atoms with van der Waals surface area (Å²) in [6.45, 7) is -0.0871. The molecule has 0 aromatic heterocycles. The second-order valence-corrected chi connectivity index (χ2v) is 3.86. The largest absolute Gasteiger partial charge is 0.265 e. The van der Waals surface area contributed by atoms with Crippen molar-refractivity contribution in [1.29, 1.82) is 0 Å². The van der Waals surface area contributed by atoms with Crippen molar-refractivity contribution in [2.45, 2.75) is 6.42 Å². The van der Waals surface area contributed by atoms with Gasteiger partial charge in [-0.05, 0) is 23.8 Å². The Morgan fingerprint density at radius 1 is 1.54 bits per heavy atom. The van der Waals surface area contributed by atoms with Crippen LogP contribution in [0.1, 0.15) is 5.56 Å². The quantitative estimate of drug-likeness (QED) is 0.622. The lowest BCUT2D eigenvalue weighted by molar-refractivity contribution is -0.479. The summed E-state index contributed by atoms with van der Waals surface area (Å²) in [5.41, 5.74) is 0.799. The van der Waals surface area contributed by atoms with Gasteiger partial charge >= 0.3 is 0 Å². The molecule has 1 rings (SSSR count). The highest BCUT2D eigenvalue weighted by Gasteiger charge is 2.04. The molecule has 3 nitrogen and oxygen atoms in total. The Morgan fingerprint density at radius 2 is 2.23 bits per heavy atom. The molecular formula is C8H7BrClNO2. The fourth-order valence-corrected chi connectivity index (χ4v) is 1.57. The van der Waals surface area contributed by atoms with Crippen LogP contribution in [0, 0.1) is 10.1 Å². The van der Waals surface area contributed by atoms with Crippen LogP contribution in [0.15, 0.2) is 22.7 Å². The summed E-state index contributed by atoms with van der Waals surface area (Å²) < 4.78 is 0.884. The zero-order valence-electron chi connectivity index (χ0n) is 6.67. The molecule has 0 saturated heterocycles. The van der Waals surface area contributed by atoms with Crippen molar-refractivity contribution in [1.82, 2.24) is 0 Å². The summed E-state index contributed by atoms with van der Waals surface area (Å²) in [5.74, 6) is 0. The van der Waals surface area contributed by atoms with Gasteiger partial charge in [0.1, 0.15) is 0 Å². The van der Waals surface area contributed by atoms with E-state index in [0.29, 0.717) is 11.4 Å². The number of halogens is 2. The van der Waals surface area contributed by atoms with Gasteiger partial charge in [0.15, 0.2) is 0 Å². The zero-order chi connectivity index (χ0) is 9.84. The van der Waals surface area contributed by atoms with E-state index in [1.54, 1.807) is 18.2 Å². The zero-order valence-corrected chi connectivity index (χ0v) is 9.01. The molecule has 0 aliphatic heterocycles. The van der Waals surface area contributed by atoms with Crippen molar-refractivity contribution >= 4 is 27.5 Å². The van der Waals surface area contributed by atoms with E-state index < -0.39 is 0 Å². The molecule has 1 aromatic carbocycles. The lowest BCUT2D eigenvalue weighted by Crippen LogP contribution is -2.04. The number of rotatable bonds is 3. The first-order valence-electron chi connectivity index (χ1n) is 3.65. The standard InChI is InChI=1S/C8H7BrClNO2/c9-7-1-2-8(10)6(5-7)3-4-11(12)13/h1-2,5H,3-4H2. The molecule has 0 saturated carbocycles. The highest BCUT2D eigenvalue weighted by atomic mass is 79.9. The minimum Gasteiger partial charge on any atom is -0.265 e. The molecule has 0 atom stereocenters. The third-order valence-corrected chi connectivity index (χ3v) is 2.43. The molecule has 0 aliphatic rings. The molecule has 5 heteroatoms. The first-order chi connectivity index (χ1) is 6.09. The van der Waals surface area contributed by atoms with Crippen molar-refractivity contribution in [3.8, 4) is 0 Å². The predicted molar refractivity (Wildman–Crippen MR) is 54.7 cm³/mol. The third-order valence-electron chi connectivity index (χ3n) is 1.57. The Balaban J connectivity index is 2.75. The maximum absolute atomic E-state index is 10.1. The van der Waals surface area contributed by atoms with E-state index >= 15 is 0 Å². The van der Waals surface area contributed by atoms with Crippen LogP contribution in [-0.4, -0.2) is 11.5 Å². The van der Waals surface area contributed by atoms with Gasteiger partial charge in [0.05, 0.1) is 0 Å². The summed E-state index contributed by atoms with van der Waals surface area (Å²) in [5, 5.41) is 10.7. The van der Waals surface area contributed by atoms with Gasteiger partial charge in [0, 0.05) is 20.8 Å². The number of hydrogen-bond donors (Lipinski definition) is 0. The number of benzene rings is 1. The van der Waals surface area contributed by atoms with Gasteiger partial charge in [-0.2, -0.15) is 0 Å². The molecular weight excluding hydrogens is 257 g/mol. The van der Waals surface area contributed by atoms with Crippen molar-refractivity contribution in [2.24, 2.45) is 0 Å². The highest BCUT2D eigenvalue weighted by Crippen LogP contribution is 2.21. The maximum atomic E-state index is 10.1. The molecule has 0 amide bonds. The molecule has 0 aliphatic carbocycles. The van der Waals surface area contributed by atoms with Crippen molar-refractivity contribution in [3.63, 3.8) is 0 Å². The normalized spacial score (nSPS) is 10.0. The van der Waals surface area contributed by atoms with Crippen molar-refractivity contribution in [3.05, 3.63) is 43.4 Å². The van der Waals surface area contributed by atoms with Gasteiger partial charge in [0.2, 0.25) is 6.54 Å². The molecule has 0 spiro atoms. The van der Waals surface area contributed by atoms with Crippen LogP contribution >= 0.6 is 27.5 Å². The van der Waals surface area contributed by atoms with E-state index in [1.165, 1.54) is 0 Å². The summed E-state index contributed by atoms with van der Waals surface area (Å²) >= 11 is 9.11. The van der Waals surface area contributed by atoms with E-state index in [0.717, 1.165) is 10.0 Å². The van der Waals surface area contributed by atoms with Gasteiger partial charge in [-0.1, -0.05) is 27.5 Å². The number of hydrogen-bond acceptors (Lipinski definition) is 2. The van der Waals surface area contributed by atoms with Crippen LogP contribution in [-0.2, 0) is 6.42 Å². The molecule has 0 radical (unpaired) electrons. The molecule has 0 N–H and O–H groups in total. The van der Waals surface area contributed by atoms with Crippen LogP contribution < -0.4 is 0 Å². The maximum Gasteiger partial charge on any atom is 0.207 e. The van der Waals surface area contributed by atoms with Gasteiger partial charge in [0.25, 0.3) is 0 Å². The lowest BCUT2D eigenvalue weighted by Gasteiger charge is -2.01. The minimum absolute atomic E-state index is 0.0871. The summed E-state index contributed by atoms with van der Waals surface area (Å²) in [7, 11) is 0. The Hall–Kier alpha value is -0.610. The van der Waals surface area contributed by atoms with E-state index in [-0.39, 0.29) is 11.5 Å². The Kier molecular flexibility index (Phi) is 3.69. The van der Waals surface area contributed by atoms with E-state index in [2.05, 4.69) is 15.9 Å². The topological polar surface area (TPSA) is 43.1 Å². The van der Waals surface area contributed by atoms with Gasteiger partial charge in [-0.3, -0.25) is 10.1 Å². The van der Waals surface area contributed by atoms with Crippen molar-refractivity contribution < 1.29 is 4.92 Å². The predicted octanol–water partition coefficient (Wildman–Crippen LogP) is 2.92.